The Bertz CT molecular complexity index is 638. The van der Waals surface area contributed by atoms with E-state index in [0.29, 0.717) is 17.5 Å². The van der Waals surface area contributed by atoms with Crippen molar-refractivity contribution in [2.75, 3.05) is 0 Å². The Hall–Kier alpha value is -2.16. The summed E-state index contributed by atoms with van der Waals surface area (Å²) >= 11 is 0. The molecule has 112 valence electrons. The Kier molecular flexibility index (Phi) is 4.41. The summed E-state index contributed by atoms with van der Waals surface area (Å²) in [6.07, 6.45) is 2.21. The molecule has 0 radical (unpaired) electrons. The summed E-state index contributed by atoms with van der Waals surface area (Å²) < 4.78 is 0. The van der Waals surface area contributed by atoms with Gasteiger partial charge >= 0.3 is 0 Å². The molecule has 0 heterocycles. The second-order valence-electron chi connectivity index (χ2n) is 5.13. The van der Waals surface area contributed by atoms with Gasteiger partial charge in [0.1, 0.15) is 5.75 Å². The lowest BCUT2D eigenvalue weighted by Crippen LogP contribution is -1.98. The van der Waals surface area contributed by atoms with Gasteiger partial charge in [-0.05, 0) is 36.0 Å². The first-order valence-corrected chi connectivity index (χ1v) is 7.42. The fourth-order valence-electron chi connectivity index (χ4n) is 2.88. The van der Waals surface area contributed by atoms with Crippen LogP contribution in [0, 0.1) is 0 Å². The van der Waals surface area contributed by atoms with Gasteiger partial charge < -0.3 is 15.3 Å². The van der Waals surface area contributed by atoms with Gasteiger partial charge in [0.2, 0.25) is 0 Å². The highest BCUT2D eigenvalue weighted by atomic mass is 16.3. The molecule has 2 aromatic carbocycles. The zero-order valence-electron chi connectivity index (χ0n) is 12.8. The van der Waals surface area contributed by atoms with Crippen LogP contribution in [0.25, 0.3) is 11.1 Å². The van der Waals surface area contributed by atoms with Crippen molar-refractivity contribution in [2.24, 2.45) is 0 Å². The van der Waals surface area contributed by atoms with Crippen LogP contribution in [0.2, 0.25) is 0 Å². The fourth-order valence-corrected chi connectivity index (χ4v) is 2.88. The highest BCUT2D eigenvalue weighted by Gasteiger charge is 2.21. The molecular weight excluding hydrogens is 264 g/mol. The van der Waals surface area contributed by atoms with Crippen molar-refractivity contribution in [2.45, 2.75) is 40.0 Å². The van der Waals surface area contributed by atoms with E-state index in [9.17, 15) is 15.3 Å². The molecule has 0 aliphatic rings. The monoisotopic (exact) mass is 286 g/mol. The zero-order chi connectivity index (χ0) is 15.6. The first-order chi connectivity index (χ1) is 10.0. The molecular formula is C18H22O3. The predicted octanol–water partition coefficient (Wildman–Crippen LogP) is 4.16. The van der Waals surface area contributed by atoms with Gasteiger partial charge in [0.25, 0.3) is 0 Å². The van der Waals surface area contributed by atoms with E-state index in [1.165, 1.54) is 6.07 Å². The summed E-state index contributed by atoms with van der Waals surface area (Å²) in [5.74, 6) is -0.406. The third kappa shape index (κ3) is 2.56. The van der Waals surface area contributed by atoms with E-state index in [-0.39, 0.29) is 17.2 Å². The van der Waals surface area contributed by atoms with Gasteiger partial charge in [-0.1, -0.05) is 39.0 Å². The minimum Gasteiger partial charge on any atom is -0.507 e. The van der Waals surface area contributed by atoms with Gasteiger partial charge in [-0.3, -0.25) is 0 Å². The Morgan fingerprint density at radius 2 is 1.33 bits per heavy atom. The number of phenols is 3. The van der Waals surface area contributed by atoms with Crippen LogP contribution in [0.1, 0.15) is 37.5 Å². The summed E-state index contributed by atoms with van der Waals surface area (Å²) in [6, 6.07) is 7.31. The van der Waals surface area contributed by atoms with Crippen LogP contribution in [-0.4, -0.2) is 15.3 Å². The van der Waals surface area contributed by atoms with E-state index >= 15 is 0 Å². The van der Waals surface area contributed by atoms with Crippen molar-refractivity contribution in [3.63, 3.8) is 0 Å². The number of benzene rings is 2. The first kappa shape index (κ1) is 15.2. The van der Waals surface area contributed by atoms with Gasteiger partial charge in [0, 0.05) is 17.2 Å². The second-order valence-corrected chi connectivity index (χ2v) is 5.13. The van der Waals surface area contributed by atoms with Crippen LogP contribution in [0.5, 0.6) is 17.2 Å². The number of hydrogen-bond donors (Lipinski definition) is 3. The van der Waals surface area contributed by atoms with Crippen molar-refractivity contribution in [1.82, 2.24) is 0 Å². The van der Waals surface area contributed by atoms with Gasteiger partial charge in [0.15, 0.2) is 11.5 Å². The number of rotatable bonds is 4. The maximum absolute atomic E-state index is 10.3. The molecule has 2 aromatic rings. The largest absolute Gasteiger partial charge is 0.507 e. The molecule has 0 fully saturated rings. The molecule has 0 spiro atoms. The number of aromatic hydroxyl groups is 3. The molecule has 0 saturated carbocycles. The van der Waals surface area contributed by atoms with Gasteiger partial charge in [0.05, 0.1) is 0 Å². The van der Waals surface area contributed by atoms with Gasteiger partial charge in [-0.15, -0.1) is 0 Å². The maximum Gasteiger partial charge on any atom is 0.161 e. The Balaban J connectivity index is 2.87. The predicted molar refractivity (Wildman–Crippen MR) is 85.0 cm³/mol. The summed E-state index contributed by atoms with van der Waals surface area (Å²) in [7, 11) is 0. The molecule has 0 amide bonds. The fraction of sp³-hybridized carbons (Fsp3) is 0.333. The van der Waals surface area contributed by atoms with Crippen LogP contribution in [-0.2, 0) is 19.3 Å². The molecule has 21 heavy (non-hydrogen) atoms. The first-order valence-electron chi connectivity index (χ1n) is 7.42. The van der Waals surface area contributed by atoms with Crippen molar-refractivity contribution in [1.29, 1.82) is 0 Å². The molecule has 0 atom stereocenters. The molecule has 0 aromatic heterocycles. The van der Waals surface area contributed by atoms with Crippen molar-refractivity contribution in [3.8, 4) is 28.4 Å². The molecule has 0 aliphatic carbocycles. The third-order valence-corrected chi connectivity index (χ3v) is 3.96. The Labute approximate surface area is 125 Å². The smallest absolute Gasteiger partial charge is 0.161 e. The normalized spacial score (nSPS) is 10.8. The third-order valence-electron chi connectivity index (χ3n) is 3.96. The second kappa shape index (κ2) is 6.08. The van der Waals surface area contributed by atoms with E-state index in [1.54, 1.807) is 0 Å². The van der Waals surface area contributed by atoms with Crippen LogP contribution in [0.4, 0.5) is 0 Å². The molecule has 0 bridgehead atoms. The van der Waals surface area contributed by atoms with Crippen LogP contribution in [0.15, 0.2) is 24.3 Å². The highest BCUT2D eigenvalue weighted by Crippen LogP contribution is 2.45. The lowest BCUT2D eigenvalue weighted by Gasteiger charge is -2.19. The van der Waals surface area contributed by atoms with Crippen molar-refractivity contribution in [3.05, 3.63) is 41.0 Å². The maximum atomic E-state index is 10.3. The van der Waals surface area contributed by atoms with Gasteiger partial charge in [-0.25, -0.2) is 0 Å². The van der Waals surface area contributed by atoms with Crippen LogP contribution < -0.4 is 0 Å². The number of hydrogen-bond acceptors (Lipinski definition) is 3. The van der Waals surface area contributed by atoms with E-state index in [2.05, 4.69) is 13.8 Å². The van der Waals surface area contributed by atoms with Crippen molar-refractivity contribution >= 4 is 0 Å². The topological polar surface area (TPSA) is 60.7 Å². The number of aryl methyl sites for hydroxylation is 2. The molecule has 3 N–H and O–H groups in total. The van der Waals surface area contributed by atoms with Crippen molar-refractivity contribution < 1.29 is 15.3 Å². The minimum atomic E-state index is -0.278. The average Bonchev–Trinajstić information content (AvgIpc) is 2.49. The molecule has 0 unspecified atom stereocenters. The average molecular weight is 286 g/mol. The summed E-state index contributed by atoms with van der Waals surface area (Å²) in [5, 5.41) is 30.2. The number of phenolic OH excluding ortho intramolecular Hbond substituents is 3. The summed E-state index contributed by atoms with van der Waals surface area (Å²) in [4.78, 5) is 0. The molecule has 0 saturated heterocycles. The summed E-state index contributed by atoms with van der Waals surface area (Å²) in [6.45, 7) is 6.04. The summed E-state index contributed by atoms with van der Waals surface area (Å²) in [5.41, 5.74) is 4.46. The van der Waals surface area contributed by atoms with E-state index < -0.39 is 0 Å². The highest BCUT2D eigenvalue weighted by molar-refractivity contribution is 5.82. The van der Waals surface area contributed by atoms with Crippen LogP contribution >= 0.6 is 0 Å². The van der Waals surface area contributed by atoms with Gasteiger partial charge in [-0.2, -0.15) is 0 Å². The van der Waals surface area contributed by atoms with E-state index in [0.717, 1.165) is 29.5 Å². The molecule has 2 rings (SSSR count). The SMILES string of the molecule is CCc1cccc(CC)c1-c1c(O)cc(O)c(O)c1CC. The zero-order valence-corrected chi connectivity index (χ0v) is 12.8. The minimum absolute atomic E-state index is 0.0118. The lowest BCUT2D eigenvalue weighted by atomic mass is 9.87. The van der Waals surface area contributed by atoms with E-state index in [1.807, 2.05) is 25.1 Å². The molecule has 0 aliphatic heterocycles. The standard InChI is InChI=1S/C18H22O3/c1-4-11-8-7-9-12(5-2)16(11)17-13(6-3)18(21)15(20)10-14(17)19/h7-10,19-21H,4-6H2,1-3H3. The molecule has 3 nitrogen and oxygen atoms in total. The van der Waals surface area contributed by atoms with Crippen LogP contribution in [0.3, 0.4) is 0 Å². The molecule has 3 heteroatoms. The lowest BCUT2D eigenvalue weighted by molar-refractivity contribution is 0.393. The van der Waals surface area contributed by atoms with E-state index in [4.69, 9.17) is 0 Å². The quantitative estimate of drug-likeness (QED) is 0.584. The Morgan fingerprint density at radius 1 is 0.762 bits per heavy atom. The Morgan fingerprint density at radius 3 is 1.81 bits per heavy atom.